The summed E-state index contributed by atoms with van der Waals surface area (Å²) in [7, 11) is 0. The second kappa shape index (κ2) is 5.05. The van der Waals surface area contributed by atoms with Crippen LogP contribution in [0.15, 0.2) is 18.3 Å². The molecule has 2 N–H and O–H groups in total. The standard InChI is InChI=1S/C12H17N5/c1-3-9-7-11(4-2)17(16-9)12-14-6-5-10(8-13)15-12/h5-7H,3-4,8,13H2,1-2H3. The summed E-state index contributed by atoms with van der Waals surface area (Å²) in [5.41, 5.74) is 8.58. The van der Waals surface area contributed by atoms with E-state index >= 15 is 0 Å². The number of hydrogen-bond acceptors (Lipinski definition) is 4. The van der Waals surface area contributed by atoms with E-state index in [1.165, 1.54) is 0 Å². The van der Waals surface area contributed by atoms with E-state index in [0.29, 0.717) is 12.5 Å². The van der Waals surface area contributed by atoms with E-state index in [2.05, 4.69) is 35.0 Å². The van der Waals surface area contributed by atoms with Gasteiger partial charge in [-0.2, -0.15) is 5.10 Å². The van der Waals surface area contributed by atoms with Crippen molar-refractivity contribution in [3.05, 3.63) is 35.4 Å². The zero-order chi connectivity index (χ0) is 12.3. The van der Waals surface area contributed by atoms with Crippen LogP contribution in [0.2, 0.25) is 0 Å². The first-order chi connectivity index (χ1) is 8.28. The molecule has 0 aromatic carbocycles. The molecule has 2 heterocycles. The average molecular weight is 231 g/mol. The van der Waals surface area contributed by atoms with E-state index in [4.69, 9.17) is 5.73 Å². The van der Waals surface area contributed by atoms with Gasteiger partial charge in [-0.15, -0.1) is 0 Å². The van der Waals surface area contributed by atoms with Crippen molar-refractivity contribution >= 4 is 0 Å². The molecule has 0 atom stereocenters. The third-order valence-electron chi connectivity index (χ3n) is 2.66. The third-order valence-corrected chi connectivity index (χ3v) is 2.66. The van der Waals surface area contributed by atoms with Crippen LogP contribution < -0.4 is 5.73 Å². The molecule has 0 bridgehead atoms. The van der Waals surface area contributed by atoms with Gasteiger partial charge in [0.15, 0.2) is 0 Å². The highest BCUT2D eigenvalue weighted by atomic mass is 15.4. The SMILES string of the molecule is CCc1cc(CC)n(-c2nccc(CN)n2)n1. The Morgan fingerprint density at radius 2 is 2.06 bits per heavy atom. The topological polar surface area (TPSA) is 69.6 Å². The highest BCUT2D eigenvalue weighted by Crippen LogP contribution is 2.10. The van der Waals surface area contributed by atoms with Gasteiger partial charge in [-0.3, -0.25) is 0 Å². The molecule has 0 radical (unpaired) electrons. The van der Waals surface area contributed by atoms with Crippen molar-refractivity contribution in [3.63, 3.8) is 0 Å². The summed E-state index contributed by atoms with van der Waals surface area (Å²) in [6, 6.07) is 3.91. The lowest BCUT2D eigenvalue weighted by Crippen LogP contribution is -2.09. The smallest absolute Gasteiger partial charge is 0.251 e. The fourth-order valence-electron chi connectivity index (χ4n) is 1.67. The summed E-state index contributed by atoms with van der Waals surface area (Å²) in [6.45, 7) is 4.60. The van der Waals surface area contributed by atoms with Crippen LogP contribution >= 0.6 is 0 Å². The summed E-state index contributed by atoms with van der Waals surface area (Å²) in [5.74, 6) is 0.601. The van der Waals surface area contributed by atoms with Crippen LogP contribution in [0.5, 0.6) is 0 Å². The van der Waals surface area contributed by atoms with Gasteiger partial charge in [-0.25, -0.2) is 14.6 Å². The summed E-state index contributed by atoms with van der Waals surface area (Å²) >= 11 is 0. The first-order valence-electron chi connectivity index (χ1n) is 5.88. The fraction of sp³-hybridized carbons (Fsp3) is 0.417. The number of nitrogens with two attached hydrogens (primary N) is 1. The van der Waals surface area contributed by atoms with Crippen LogP contribution in [0.3, 0.4) is 0 Å². The maximum absolute atomic E-state index is 5.58. The van der Waals surface area contributed by atoms with E-state index in [0.717, 1.165) is 29.9 Å². The Morgan fingerprint density at radius 3 is 2.71 bits per heavy atom. The molecule has 0 unspecified atom stereocenters. The van der Waals surface area contributed by atoms with Gasteiger partial charge in [0.2, 0.25) is 0 Å². The molecular formula is C12H17N5. The zero-order valence-electron chi connectivity index (χ0n) is 10.2. The van der Waals surface area contributed by atoms with E-state index in [1.807, 2.05) is 6.07 Å². The largest absolute Gasteiger partial charge is 0.325 e. The molecule has 90 valence electrons. The predicted molar refractivity (Wildman–Crippen MR) is 65.8 cm³/mol. The van der Waals surface area contributed by atoms with E-state index in [9.17, 15) is 0 Å². The van der Waals surface area contributed by atoms with Gasteiger partial charge in [0.25, 0.3) is 5.95 Å². The number of nitrogens with zero attached hydrogens (tertiary/aromatic N) is 4. The lowest BCUT2D eigenvalue weighted by molar-refractivity contribution is 0.736. The van der Waals surface area contributed by atoms with Crippen LogP contribution in [0.1, 0.15) is 30.9 Å². The van der Waals surface area contributed by atoms with Crippen molar-refractivity contribution in [2.24, 2.45) is 5.73 Å². The summed E-state index contributed by atoms with van der Waals surface area (Å²) in [5, 5.41) is 4.50. The Kier molecular flexibility index (Phi) is 3.49. The highest BCUT2D eigenvalue weighted by molar-refractivity contribution is 5.21. The Morgan fingerprint density at radius 1 is 1.24 bits per heavy atom. The minimum absolute atomic E-state index is 0.416. The molecule has 5 nitrogen and oxygen atoms in total. The maximum atomic E-state index is 5.58. The van der Waals surface area contributed by atoms with Crippen LogP contribution in [0.4, 0.5) is 0 Å². The Hall–Kier alpha value is -1.75. The second-order valence-electron chi connectivity index (χ2n) is 3.80. The van der Waals surface area contributed by atoms with Crippen molar-refractivity contribution < 1.29 is 0 Å². The van der Waals surface area contributed by atoms with Crippen molar-refractivity contribution in [1.82, 2.24) is 19.7 Å². The van der Waals surface area contributed by atoms with Crippen molar-refractivity contribution in [3.8, 4) is 5.95 Å². The van der Waals surface area contributed by atoms with Gasteiger partial charge < -0.3 is 5.73 Å². The van der Waals surface area contributed by atoms with Crippen molar-refractivity contribution in [1.29, 1.82) is 0 Å². The molecule has 0 saturated carbocycles. The van der Waals surface area contributed by atoms with Gasteiger partial charge in [0.05, 0.1) is 11.4 Å². The molecule has 0 aliphatic carbocycles. The van der Waals surface area contributed by atoms with E-state index in [1.54, 1.807) is 10.9 Å². The minimum Gasteiger partial charge on any atom is -0.325 e. The van der Waals surface area contributed by atoms with Crippen LogP contribution in [0, 0.1) is 0 Å². The van der Waals surface area contributed by atoms with E-state index < -0.39 is 0 Å². The van der Waals surface area contributed by atoms with Crippen LogP contribution in [-0.4, -0.2) is 19.7 Å². The average Bonchev–Trinajstić information content (AvgIpc) is 2.82. The maximum Gasteiger partial charge on any atom is 0.251 e. The third kappa shape index (κ3) is 2.34. The Bertz CT molecular complexity index is 503. The molecule has 2 rings (SSSR count). The van der Waals surface area contributed by atoms with Crippen LogP contribution in [0.25, 0.3) is 5.95 Å². The van der Waals surface area contributed by atoms with Gasteiger partial charge in [-0.05, 0) is 25.0 Å². The van der Waals surface area contributed by atoms with Crippen molar-refractivity contribution in [2.75, 3.05) is 0 Å². The van der Waals surface area contributed by atoms with Crippen molar-refractivity contribution in [2.45, 2.75) is 33.2 Å². The first kappa shape index (κ1) is 11.7. The number of rotatable bonds is 4. The molecule has 0 spiro atoms. The molecule has 2 aromatic rings. The molecule has 2 aromatic heterocycles. The lowest BCUT2D eigenvalue weighted by Gasteiger charge is -2.04. The molecular weight excluding hydrogens is 214 g/mol. The minimum atomic E-state index is 0.416. The lowest BCUT2D eigenvalue weighted by atomic mass is 10.3. The van der Waals surface area contributed by atoms with Crippen LogP contribution in [-0.2, 0) is 19.4 Å². The molecule has 0 amide bonds. The highest BCUT2D eigenvalue weighted by Gasteiger charge is 2.09. The second-order valence-corrected chi connectivity index (χ2v) is 3.80. The van der Waals surface area contributed by atoms with E-state index in [-0.39, 0.29) is 0 Å². The number of aryl methyl sites for hydroxylation is 2. The quantitative estimate of drug-likeness (QED) is 0.859. The summed E-state index contributed by atoms with van der Waals surface area (Å²) in [6.07, 6.45) is 3.54. The predicted octanol–water partition coefficient (Wildman–Crippen LogP) is 1.25. The Balaban J connectivity index is 2.47. The van der Waals surface area contributed by atoms with Gasteiger partial charge in [0, 0.05) is 18.4 Å². The van der Waals surface area contributed by atoms with Gasteiger partial charge in [-0.1, -0.05) is 13.8 Å². The molecule has 0 aliphatic heterocycles. The molecule has 5 heteroatoms. The zero-order valence-corrected chi connectivity index (χ0v) is 10.2. The first-order valence-corrected chi connectivity index (χ1v) is 5.88. The van der Waals surface area contributed by atoms with Gasteiger partial charge in [0.1, 0.15) is 0 Å². The number of hydrogen-bond donors (Lipinski definition) is 1. The molecule has 0 fully saturated rings. The molecule has 0 saturated heterocycles. The fourth-order valence-corrected chi connectivity index (χ4v) is 1.67. The summed E-state index contributed by atoms with van der Waals surface area (Å²) in [4.78, 5) is 8.63. The Labute approximate surface area is 101 Å². The summed E-state index contributed by atoms with van der Waals surface area (Å²) < 4.78 is 1.80. The van der Waals surface area contributed by atoms with Gasteiger partial charge >= 0.3 is 0 Å². The normalized spacial score (nSPS) is 10.8. The number of aromatic nitrogens is 4. The monoisotopic (exact) mass is 231 g/mol. The molecule has 17 heavy (non-hydrogen) atoms. The molecule has 0 aliphatic rings.